The van der Waals surface area contributed by atoms with Gasteiger partial charge in [-0.25, -0.2) is 0 Å². The number of nitrogens with zero attached hydrogens (tertiary/aromatic N) is 1. The number of halogens is 1. The number of hydrogen-bond acceptors (Lipinski definition) is 3. The first-order valence-electron chi connectivity index (χ1n) is 5.31. The van der Waals surface area contributed by atoms with Gasteiger partial charge in [0.2, 0.25) is 0 Å². The monoisotopic (exact) mass is 270 g/mol. The Morgan fingerprint density at radius 1 is 1.40 bits per heavy atom. The second-order valence-corrected chi connectivity index (χ2v) is 4.81. The molecule has 1 heterocycles. The molecular formula is C11H15BrN2O. The first-order valence-corrected chi connectivity index (χ1v) is 6.11. The fourth-order valence-corrected chi connectivity index (χ4v) is 2.34. The largest absolute Gasteiger partial charge is 0.391 e. The van der Waals surface area contributed by atoms with Crippen molar-refractivity contribution in [1.29, 1.82) is 0 Å². The molecule has 0 aliphatic heterocycles. The third-order valence-electron chi connectivity index (χ3n) is 2.84. The van der Waals surface area contributed by atoms with Crippen molar-refractivity contribution >= 4 is 21.6 Å². The molecule has 1 aromatic rings. The van der Waals surface area contributed by atoms with Gasteiger partial charge in [-0.3, -0.25) is 4.98 Å². The zero-order chi connectivity index (χ0) is 10.7. The van der Waals surface area contributed by atoms with Crippen LogP contribution in [0.4, 0.5) is 5.69 Å². The van der Waals surface area contributed by atoms with E-state index >= 15 is 0 Å². The van der Waals surface area contributed by atoms with Gasteiger partial charge in [0.05, 0.1) is 22.3 Å². The van der Waals surface area contributed by atoms with Crippen LogP contribution in [-0.4, -0.2) is 22.2 Å². The van der Waals surface area contributed by atoms with Crippen LogP contribution in [0.1, 0.15) is 25.7 Å². The highest BCUT2D eigenvalue weighted by molar-refractivity contribution is 9.10. The molecule has 0 radical (unpaired) electrons. The molecule has 1 aliphatic rings. The summed E-state index contributed by atoms with van der Waals surface area (Å²) in [5, 5.41) is 13.2. The summed E-state index contributed by atoms with van der Waals surface area (Å²) < 4.78 is 0.947. The summed E-state index contributed by atoms with van der Waals surface area (Å²) in [6.45, 7) is 0. The van der Waals surface area contributed by atoms with Crippen LogP contribution in [0.5, 0.6) is 0 Å². The van der Waals surface area contributed by atoms with Crippen molar-refractivity contribution in [1.82, 2.24) is 4.98 Å². The Hall–Kier alpha value is -0.610. The Labute approximate surface area is 98.0 Å². The van der Waals surface area contributed by atoms with Crippen LogP contribution in [0.2, 0.25) is 0 Å². The van der Waals surface area contributed by atoms with Crippen LogP contribution in [0.15, 0.2) is 22.9 Å². The van der Waals surface area contributed by atoms with Crippen LogP contribution in [-0.2, 0) is 0 Å². The predicted molar refractivity (Wildman–Crippen MR) is 63.8 cm³/mol. The van der Waals surface area contributed by atoms with Gasteiger partial charge < -0.3 is 10.4 Å². The minimum absolute atomic E-state index is 0.178. The first-order chi connectivity index (χ1) is 7.27. The summed E-state index contributed by atoms with van der Waals surface area (Å²) in [6.07, 6.45) is 7.56. The van der Waals surface area contributed by atoms with Crippen LogP contribution in [0.3, 0.4) is 0 Å². The lowest BCUT2D eigenvalue weighted by atomic mass is 9.92. The standard InChI is InChI=1S/C11H15BrN2O/c12-8-7-13-6-5-9(8)14-10-3-1-2-4-11(10)15/h5-7,10-11,15H,1-4H2,(H,13,14). The number of anilines is 1. The van der Waals surface area contributed by atoms with Crippen LogP contribution in [0.25, 0.3) is 0 Å². The summed E-state index contributed by atoms with van der Waals surface area (Å²) in [5.41, 5.74) is 1.01. The molecule has 2 N–H and O–H groups in total. The molecule has 82 valence electrons. The highest BCUT2D eigenvalue weighted by Gasteiger charge is 2.22. The highest BCUT2D eigenvalue weighted by Crippen LogP contribution is 2.26. The lowest BCUT2D eigenvalue weighted by Gasteiger charge is -2.29. The zero-order valence-electron chi connectivity index (χ0n) is 8.49. The van der Waals surface area contributed by atoms with Crippen molar-refractivity contribution in [3.8, 4) is 0 Å². The molecule has 2 unspecified atom stereocenters. The summed E-state index contributed by atoms with van der Waals surface area (Å²) in [7, 11) is 0. The Kier molecular flexibility index (Phi) is 3.59. The molecule has 15 heavy (non-hydrogen) atoms. The van der Waals surface area contributed by atoms with Gasteiger partial charge in [0.25, 0.3) is 0 Å². The number of hydrogen-bond donors (Lipinski definition) is 2. The molecule has 0 aromatic carbocycles. The number of nitrogens with one attached hydrogen (secondary N) is 1. The smallest absolute Gasteiger partial charge is 0.0741 e. The maximum atomic E-state index is 9.83. The summed E-state index contributed by atoms with van der Waals surface area (Å²) in [6, 6.07) is 2.10. The molecule has 1 aliphatic carbocycles. The number of rotatable bonds is 2. The third kappa shape index (κ3) is 2.69. The molecule has 1 aromatic heterocycles. The van der Waals surface area contributed by atoms with Crippen molar-refractivity contribution in [3.63, 3.8) is 0 Å². The van der Waals surface area contributed by atoms with E-state index < -0.39 is 0 Å². The van der Waals surface area contributed by atoms with Crippen LogP contribution >= 0.6 is 15.9 Å². The SMILES string of the molecule is OC1CCCCC1Nc1ccncc1Br. The molecular weight excluding hydrogens is 256 g/mol. The van der Waals surface area contributed by atoms with Gasteiger partial charge in [0.1, 0.15) is 0 Å². The first kappa shape index (κ1) is 10.9. The lowest BCUT2D eigenvalue weighted by molar-refractivity contribution is 0.116. The van der Waals surface area contributed by atoms with Gasteiger partial charge in [-0.1, -0.05) is 12.8 Å². The summed E-state index contributed by atoms with van der Waals surface area (Å²) in [5.74, 6) is 0. The topological polar surface area (TPSA) is 45.1 Å². The van der Waals surface area contributed by atoms with Crippen LogP contribution in [0, 0.1) is 0 Å². The minimum Gasteiger partial charge on any atom is -0.391 e. The van der Waals surface area contributed by atoms with Crippen LogP contribution < -0.4 is 5.32 Å². The maximum absolute atomic E-state index is 9.83. The molecule has 2 rings (SSSR count). The number of pyridine rings is 1. The van der Waals surface area contributed by atoms with E-state index in [1.165, 1.54) is 6.42 Å². The third-order valence-corrected chi connectivity index (χ3v) is 3.47. The number of aromatic nitrogens is 1. The van der Waals surface area contributed by atoms with Crippen molar-refractivity contribution in [2.45, 2.75) is 37.8 Å². The fraction of sp³-hybridized carbons (Fsp3) is 0.545. The van der Waals surface area contributed by atoms with Crippen molar-refractivity contribution in [3.05, 3.63) is 22.9 Å². The molecule has 0 spiro atoms. The van der Waals surface area contributed by atoms with E-state index in [9.17, 15) is 5.11 Å². The normalized spacial score (nSPS) is 26.3. The highest BCUT2D eigenvalue weighted by atomic mass is 79.9. The summed E-state index contributed by atoms with van der Waals surface area (Å²) >= 11 is 3.44. The number of aliphatic hydroxyl groups excluding tert-OH is 1. The molecule has 0 amide bonds. The van der Waals surface area contributed by atoms with Gasteiger partial charge in [0.15, 0.2) is 0 Å². The molecule has 4 heteroatoms. The second-order valence-electron chi connectivity index (χ2n) is 3.96. The lowest BCUT2D eigenvalue weighted by Crippen LogP contribution is -2.36. The van der Waals surface area contributed by atoms with E-state index in [4.69, 9.17) is 0 Å². The molecule has 3 nitrogen and oxygen atoms in total. The molecule has 1 saturated carbocycles. The fourth-order valence-electron chi connectivity index (χ4n) is 1.97. The Morgan fingerprint density at radius 3 is 2.93 bits per heavy atom. The Morgan fingerprint density at radius 2 is 2.20 bits per heavy atom. The van der Waals surface area contributed by atoms with Crippen molar-refractivity contribution in [2.75, 3.05) is 5.32 Å². The summed E-state index contributed by atoms with van der Waals surface area (Å²) in [4.78, 5) is 4.01. The Balaban J connectivity index is 2.04. The van der Waals surface area contributed by atoms with Gasteiger partial charge >= 0.3 is 0 Å². The van der Waals surface area contributed by atoms with E-state index in [0.29, 0.717) is 0 Å². The zero-order valence-corrected chi connectivity index (χ0v) is 10.1. The van der Waals surface area contributed by atoms with E-state index in [1.807, 2.05) is 6.07 Å². The quantitative estimate of drug-likeness (QED) is 0.869. The van der Waals surface area contributed by atoms with E-state index in [-0.39, 0.29) is 12.1 Å². The van der Waals surface area contributed by atoms with E-state index in [2.05, 4.69) is 26.2 Å². The molecule has 1 fully saturated rings. The van der Waals surface area contributed by atoms with Crippen molar-refractivity contribution < 1.29 is 5.11 Å². The molecule has 2 atom stereocenters. The molecule has 0 saturated heterocycles. The average molecular weight is 271 g/mol. The predicted octanol–water partition coefficient (Wildman–Crippen LogP) is 2.56. The van der Waals surface area contributed by atoms with Crippen molar-refractivity contribution in [2.24, 2.45) is 0 Å². The van der Waals surface area contributed by atoms with Gasteiger partial charge in [-0.15, -0.1) is 0 Å². The Bertz CT molecular complexity index is 332. The van der Waals surface area contributed by atoms with Gasteiger partial charge in [-0.2, -0.15) is 0 Å². The van der Waals surface area contributed by atoms with E-state index in [0.717, 1.165) is 29.4 Å². The maximum Gasteiger partial charge on any atom is 0.0741 e. The molecule has 0 bridgehead atoms. The van der Waals surface area contributed by atoms with E-state index in [1.54, 1.807) is 12.4 Å². The second kappa shape index (κ2) is 4.94. The number of aliphatic hydroxyl groups is 1. The average Bonchev–Trinajstić information content (AvgIpc) is 2.24. The van der Waals surface area contributed by atoms with Gasteiger partial charge in [-0.05, 0) is 34.8 Å². The van der Waals surface area contributed by atoms with Gasteiger partial charge in [0, 0.05) is 12.4 Å². The minimum atomic E-state index is -0.223.